The summed E-state index contributed by atoms with van der Waals surface area (Å²) >= 11 is 0. The number of aliphatic hydroxyl groups excluding tert-OH is 4. The zero-order chi connectivity index (χ0) is 30.1. The van der Waals surface area contributed by atoms with E-state index in [1.807, 2.05) is 0 Å². The summed E-state index contributed by atoms with van der Waals surface area (Å²) in [6.45, 7) is -0.0939. The molecule has 2 saturated heterocycles. The van der Waals surface area contributed by atoms with Crippen LogP contribution in [0, 0.1) is 0 Å². The van der Waals surface area contributed by atoms with E-state index in [1.54, 1.807) is 13.0 Å². The predicted molar refractivity (Wildman–Crippen MR) is 133 cm³/mol. The third kappa shape index (κ3) is 7.34. The number of nitrogen functional groups attached to an aromatic ring is 1. The smallest absolute Gasteiger partial charge is 0.387 e. The molecule has 10 N–H and O–H groups in total. The van der Waals surface area contributed by atoms with Crippen molar-refractivity contribution in [3.63, 3.8) is 0 Å². The van der Waals surface area contributed by atoms with Gasteiger partial charge in [0.1, 0.15) is 54.7 Å². The van der Waals surface area contributed by atoms with Gasteiger partial charge in [0.2, 0.25) is 0 Å². The normalized spacial score (nSPS) is 34.2. The van der Waals surface area contributed by atoms with Gasteiger partial charge in [-0.05, 0) is 13.0 Å². The molecule has 4 rings (SSSR count). The zero-order valence-electron chi connectivity index (χ0n) is 21.2. The number of phosphoric ester groups is 2. The van der Waals surface area contributed by atoms with Crippen LogP contribution in [0.3, 0.4) is 0 Å². The van der Waals surface area contributed by atoms with Crippen LogP contribution >= 0.6 is 15.6 Å². The molecule has 0 aromatic carbocycles. The number of allylic oxidation sites excluding steroid dienone is 1. The quantitative estimate of drug-likeness (QED) is 0.0690. The standard InChI is InChI=1S/C19H30N6O14P2/c1-2-3-10(20)38-15-13(27)9(37-19(15)29)5-35-41(32,33)39-40(30,31)34-4-8-12(26)14(28)18(36-8)25-7-24-11-16(21)22-6-23-17(11)25/h2-3,6-10,12-15,18-19,26-29H,4-5,20H2,1H3,(H,30,31)(H,32,33)(H2,21,22,23)/b3-2+/t8-,9-,10?,12-,13-,14-,15-,18-,19+/m1/s1. The van der Waals surface area contributed by atoms with Crippen molar-refractivity contribution < 1.29 is 66.9 Å². The van der Waals surface area contributed by atoms with Crippen LogP contribution in [-0.2, 0) is 36.7 Å². The summed E-state index contributed by atoms with van der Waals surface area (Å²) in [4.78, 5) is 31.7. The Hall–Kier alpha value is -1.97. The number of fused-ring (bicyclic) bond motifs is 1. The number of hydrogen-bond acceptors (Lipinski definition) is 17. The Kier molecular flexibility index (Phi) is 9.91. The van der Waals surface area contributed by atoms with Crippen LogP contribution in [0.2, 0.25) is 0 Å². The first-order valence-electron chi connectivity index (χ1n) is 11.9. The molecular weight excluding hydrogens is 598 g/mol. The zero-order valence-corrected chi connectivity index (χ0v) is 23.0. The maximum atomic E-state index is 12.3. The number of ether oxygens (including phenoxy) is 3. The number of aliphatic hydroxyl groups is 4. The third-order valence-electron chi connectivity index (χ3n) is 6.02. The Morgan fingerprint density at radius 2 is 1.66 bits per heavy atom. The van der Waals surface area contributed by atoms with Crippen molar-refractivity contribution in [2.75, 3.05) is 18.9 Å². The monoisotopic (exact) mass is 628 g/mol. The van der Waals surface area contributed by atoms with Crippen LogP contribution in [0.4, 0.5) is 5.82 Å². The molecule has 2 aliphatic heterocycles. The van der Waals surface area contributed by atoms with E-state index < -0.39 is 84.2 Å². The fourth-order valence-electron chi connectivity index (χ4n) is 4.09. The van der Waals surface area contributed by atoms with Gasteiger partial charge in [0.05, 0.1) is 19.5 Å². The van der Waals surface area contributed by atoms with Crippen molar-refractivity contribution in [3.8, 4) is 0 Å². The molecule has 2 aliphatic rings. The number of aromatic nitrogens is 4. The van der Waals surface area contributed by atoms with E-state index in [4.69, 9.17) is 25.7 Å². The largest absolute Gasteiger partial charge is 0.481 e. The second kappa shape index (κ2) is 12.7. The minimum absolute atomic E-state index is 0.0580. The molecule has 3 unspecified atom stereocenters. The number of nitrogens with zero attached hydrogens (tertiary/aromatic N) is 4. The first-order chi connectivity index (χ1) is 19.2. The summed E-state index contributed by atoms with van der Waals surface area (Å²) in [5, 5.41) is 41.1. The van der Waals surface area contributed by atoms with Crippen molar-refractivity contribution in [2.45, 2.75) is 62.3 Å². The second-order valence-electron chi connectivity index (χ2n) is 8.89. The number of anilines is 1. The molecule has 2 fully saturated rings. The van der Waals surface area contributed by atoms with Crippen molar-refractivity contribution in [2.24, 2.45) is 5.73 Å². The van der Waals surface area contributed by atoms with Gasteiger partial charge in [-0.1, -0.05) is 6.08 Å². The number of rotatable bonds is 12. The highest BCUT2D eigenvalue weighted by Gasteiger charge is 2.48. The number of hydrogen-bond donors (Lipinski definition) is 8. The SMILES string of the molecule is C/C=C/C(N)O[C@@H]1[C@H](O)[C@@H](COP(=O)(O)OP(=O)(O)OC[C@H]2O[C@@H](n3cnc4c(N)ncnc43)[C@H](O)[C@@H]2O)O[C@@H]1O. The molecule has 0 bridgehead atoms. The first kappa shape index (κ1) is 32.0. The predicted octanol–water partition coefficient (Wildman–Crippen LogP) is -2.40. The number of nitrogens with two attached hydrogens (primary N) is 2. The lowest BCUT2D eigenvalue weighted by atomic mass is 10.1. The van der Waals surface area contributed by atoms with Gasteiger partial charge in [0.15, 0.2) is 24.0 Å². The van der Waals surface area contributed by atoms with Crippen molar-refractivity contribution in [3.05, 3.63) is 24.8 Å². The molecule has 0 saturated carbocycles. The lowest BCUT2D eigenvalue weighted by Crippen LogP contribution is -2.41. The topological polar surface area (TPSA) is 307 Å². The molecule has 4 heterocycles. The van der Waals surface area contributed by atoms with E-state index in [-0.39, 0.29) is 17.0 Å². The maximum Gasteiger partial charge on any atom is 0.481 e. The van der Waals surface area contributed by atoms with E-state index in [2.05, 4.69) is 28.3 Å². The van der Waals surface area contributed by atoms with Crippen molar-refractivity contribution in [1.82, 2.24) is 19.5 Å². The van der Waals surface area contributed by atoms with Gasteiger partial charge in [-0.25, -0.2) is 24.1 Å². The fourth-order valence-corrected chi connectivity index (χ4v) is 6.18. The Morgan fingerprint density at radius 1 is 1.02 bits per heavy atom. The van der Waals surface area contributed by atoms with Crippen LogP contribution in [0.5, 0.6) is 0 Å². The summed E-state index contributed by atoms with van der Waals surface area (Å²) in [5.74, 6) is 0.0580. The molecule has 11 atom stereocenters. The van der Waals surface area contributed by atoms with Crippen LogP contribution < -0.4 is 11.5 Å². The van der Waals surface area contributed by atoms with Gasteiger partial charge in [-0.2, -0.15) is 4.31 Å². The average Bonchev–Trinajstić information content (AvgIpc) is 3.52. The molecule has 2 aromatic heterocycles. The molecule has 41 heavy (non-hydrogen) atoms. The van der Waals surface area contributed by atoms with E-state index in [1.165, 1.54) is 17.0 Å². The second-order valence-corrected chi connectivity index (χ2v) is 11.9. The molecule has 2 aromatic rings. The van der Waals surface area contributed by atoms with Crippen LogP contribution in [-0.4, -0.2) is 112 Å². The third-order valence-corrected chi connectivity index (χ3v) is 8.62. The van der Waals surface area contributed by atoms with Crippen molar-refractivity contribution >= 4 is 32.6 Å². The van der Waals surface area contributed by atoms with Gasteiger partial charge in [-0.15, -0.1) is 0 Å². The highest BCUT2D eigenvalue weighted by Crippen LogP contribution is 2.60. The Balaban J connectivity index is 1.30. The highest BCUT2D eigenvalue weighted by molar-refractivity contribution is 7.61. The maximum absolute atomic E-state index is 12.3. The summed E-state index contributed by atoms with van der Waals surface area (Å²) in [6.07, 6.45) is -7.46. The molecule has 20 nitrogen and oxygen atoms in total. The molecule has 22 heteroatoms. The number of imidazole rings is 1. The summed E-state index contributed by atoms with van der Waals surface area (Å²) < 4.78 is 55.2. The minimum Gasteiger partial charge on any atom is -0.387 e. The highest BCUT2D eigenvalue weighted by atomic mass is 31.3. The van der Waals surface area contributed by atoms with Crippen LogP contribution in [0.15, 0.2) is 24.8 Å². The summed E-state index contributed by atoms with van der Waals surface area (Å²) in [6, 6.07) is 0. The van der Waals surface area contributed by atoms with Crippen LogP contribution in [0.1, 0.15) is 13.2 Å². The minimum atomic E-state index is -5.33. The lowest BCUT2D eigenvalue weighted by Gasteiger charge is -2.22. The number of phosphoric acid groups is 2. The fraction of sp³-hybridized carbons (Fsp3) is 0.632. The summed E-state index contributed by atoms with van der Waals surface area (Å²) in [5.41, 5.74) is 11.8. The van der Waals surface area contributed by atoms with Gasteiger partial charge in [0, 0.05) is 0 Å². The molecular formula is C19H30N6O14P2. The van der Waals surface area contributed by atoms with Crippen LogP contribution in [0.25, 0.3) is 11.2 Å². The van der Waals surface area contributed by atoms with Gasteiger partial charge >= 0.3 is 15.6 Å². The summed E-state index contributed by atoms with van der Waals surface area (Å²) in [7, 11) is -10.7. The molecule has 0 radical (unpaired) electrons. The Bertz CT molecular complexity index is 1330. The van der Waals surface area contributed by atoms with E-state index >= 15 is 0 Å². The lowest BCUT2D eigenvalue weighted by molar-refractivity contribution is -0.154. The Labute approximate surface area is 231 Å². The molecule has 230 valence electrons. The average molecular weight is 628 g/mol. The van der Waals surface area contributed by atoms with Gasteiger partial charge in [-0.3, -0.25) is 13.6 Å². The molecule has 0 spiro atoms. The molecule has 0 aliphatic carbocycles. The van der Waals surface area contributed by atoms with E-state index in [0.29, 0.717) is 0 Å². The van der Waals surface area contributed by atoms with Gasteiger partial charge in [0.25, 0.3) is 0 Å². The molecule has 0 amide bonds. The van der Waals surface area contributed by atoms with E-state index in [0.717, 1.165) is 6.33 Å². The van der Waals surface area contributed by atoms with E-state index in [9.17, 15) is 39.3 Å². The van der Waals surface area contributed by atoms with Gasteiger partial charge < -0.3 is 55.9 Å². The Morgan fingerprint density at radius 3 is 2.29 bits per heavy atom. The van der Waals surface area contributed by atoms with Crippen molar-refractivity contribution in [1.29, 1.82) is 0 Å². The first-order valence-corrected chi connectivity index (χ1v) is 14.9.